The number of hydrogen-bond acceptors (Lipinski definition) is 2. The van der Waals surface area contributed by atoms with Gasteiger partial charge in [-0.15, -0.1) is 0 Å². The molecule has 1 aliphatic heterocycles. The summed E-state index contributed by atoms with van der Waals surface area (Å²) in [5, 5.41) is 3.04. The molecular weight excluding hydrogens is 202 g/mol. The molecule has 94 valence electrons. The van der Waals surface area contributed by atoms with E-state index in [-0.39, 0.29) is 11.3 Å². The van der Waals surface area contributed by atoms with Crippen molar-refractivity contribution < 1.29 is 9.53 Å². The van der Waals surface area contributed by atoms with Gasteiger partial charge in [0, 0.05) is 18.4 Å². The second-order valence-corrected chi connectivity index (χ2v) is 5.97. The Kier molecular flexibility index (Phi) is 4.78. The average molecular weight is 227 g/mol. The van der Waals surface area contributed by atoms with Gasteiger partial charge in [0.2, 0.25) is 5.91 Å². The van der Waals surface area contributed by atoms with Crippen LogP contribution in [0.4, 0.5) is 0 Å². The molecule has 0 bridgehead atoms. The molecule has 0 aromatic rings. The van der Waals surface area contributed by atoms with Gasteiger partial charge in [0.25, 0.3) is 0 Å². The van der Waals surface area contributed by atoms with E-state index in [0.29, 0.717) is 18.3 Å². The quantitative estimate of drug-likeness (QED) is 0.755. The molecule has 3 nitrogen and oxygen atoms in total. The molecule has 0 radical (unpaired) electrons. The summed E-state index contributed by atoms with van der Waals surface area (Å²) in [7, 11) is 0. The normalized spacial score (nSPS) is 18.6. The number of ether oxygens (including phenoxy) is 1. The van der Waals surface area contributed by atoms with Gasteiger partial charge >= 0.3 is 0 Å². The van der Waals surface area contributed by atoms with Gasteiger partial charge in [-0.2, -0.15) is 0 Å². The zero-order chi connectivity index (χ0) is 12.2. The molecule has 0 spiro atoms. The Morgan fingerprint density at radius 1 is 1.25 bits per heavy atom. The van der Waals surface area contributed by atoms with Crippen molar-refractivity contribution >= 4 is 5.91 Å². The molecule has 1 amide bonds. The predicted molar refractivity (Wildman–Crippen MR) is 65.2 cm³/mol. The maximum Gasteiger partial charge on any atom is 0.220 e. The molecule has 0 aliphatic carbocycles. The SMILES string of the molecule is CC(C)CC(=O)NCC1(CC(C)C)COC1. The van der Waals surface area contributed by atoms with Crippen LogP contribution in [0.15, 0.2) is 0 Å². The highest BCUT2D eigenvalue weighted by Gasteiger charge is 2.39. The first-order valence-corrected chi connectivity index (χ1v) is 6.28. The molecule has 0 aromatic heterocycles. The lowest BCUT2D eigenvalue weighted by Crippen LogP contribution is -2.51. The highest BCUT2D eigenvalue weighted by atomic mass is 16.5. The lowest BCUT2D eigenvalue weighted by atomic mass is 9.78. The number of carbonyl (C=O) groups excluding carboxylic acids is 1. The van der Waals surface area contributed by atoms with Crippen molar-refractivity contribution in [3.63, 3.8) is 0 Å². The molecule has 1 N–H and O–H groups in total. The molecule has 1 heterocycles. The maximum absolute atomic E-state index is 11.6. The van der Waals surface area contributed by atoms with Crippen LogP contribution in [-0.2, 0) is 9.53 Å². The summed E-state index contributed by atoms with van der Waals surface area (Å²) < 4.78 is 5.30. The van der Waals surface area contributed by atoms with Crippen LogP contribution >= 0.6 is 0 Å². The molecular formula is C13H25NO2. The summed E-state index contributed by atoms with van der Waals surface area (Å²) in [4.78, 5) is 11.6. The largest absolute Gasteiger partial charge is 0.380 e. The number of rotatable bonds is 6. The van der Waals surface area contributed by atoms with Gasteiger partial charge in [0.1, 0.15) is 0 Å². The minimum Gasteiger partial charge on any atom is -0.380 e. The van der Waals surface area contributed by atoms with Gasteiger partial charge < -0.3 is 10.1 Å². The fourth-order valence-corrected chi connectivity index (χ4v) is 2.28. The van der Waals surface area contributed by atoms with Gasteiger partial charge in [0.05, 0.1) is 13.2 Å². The van der Waals surface area contributed by atoms with Crippen LogP contribution in [0.3, 0.4) is 0 Å². The summed E-state index contributed by atoms with van der Waals surface area (Å²) >= 11 is 0. The van der Waals surface area contributed by atoms with Crippen LogP contribution in [0.5, 0.6) is 0 Å². The lowest BCUT2D eigenvalue weighted by molar-refractivity contribution is -0.133. The van der Waals surface area contributed by atoms with E-state index in [1.165, 1.54) is 0 Å². The molecule has 1 saturated heterocycles. The summed E-state index contributed by atoms with van der Waals surface area (Å²) in [6.45, 7) is 10.9. The van der Waals surface area contributed by atoms with Crippen molar-refractivity contribution in [1.82, 2.24) is 5.32 Å². The maximum atomic E-state index is 11.6. The van der Waals surface area contributed by atoms with E-state index in [2.05, 4.69) is 33.0 Å². The van der Waals surface area contributed by atoms with Gasteiger partial charge in [-0.05, 0) is 18.3 Å². The number of nitrogens with one attached hydrogen (secondary N) is 1. The Morgan fingerprint density at radius 2 is 1.88 bits per heavy atom. The highest BCUT2D eigenvalue weighted by Crippen LogP contribution is 2.33. The molecule has 0 unspecified atom stereocenters. The van der Waals surface area contributed by atoms with E-state index >= 15 is 0 Å². The molecule has 0 saturated carbocycles. The van der Waals surface area contributed by atoms with Crippen molar-refractivity contribution in [3.8, 4) is 0 Å². The number of hydrogen-bond donors (Lipinski definition) is 1. The standard InChI is InChI=1S/C13H25NO2/c1-10(2)5-12(15)14-7-13(6-11(3)4)8-16-9-13/h10-11H,5-9H2,1-4H3,(H,14,15). The van der Waals surface area contributed by atoms with Crippen molar-refractivity contribution in [1.29, 1.82) is 0 Å². The fraction of sp³-hybridized carbons (Fsp3) is 0.923. The fourth-order valence-electron chi connectivity index (χ4n) is 2.28. The highest BCUT2D eigenvalue weighted by molar-refractivity contribution is 5.76. The smallest absolute Gasteiger partial charge is 0.220 e. The van der Waals surface area contributed by atoms with E-state index in [1.54, 1.807) is 0 Å². The van der Waals surface area contributed by atoms with Crippen LogP contribution < -0.4 is 5.32 Å². The number of carbonyl (C=O) groups is 1. The topological polar surface area (TPSA) is 38.3 Å². The van der Waals surface area contributed by atoms with Crippen LogP contribution in [-0.4, -0.2) is 25.7 Å². The van der Waals surface area contributed by atoms with Gasteiger partial charge in [-0.1, -0.05) is 27.7 Å². The minimum atomic E-state index is 0.171. The molecule has 3 heteroatoms. The van der Waals surface area contributed by atoms with Crippen molar-refractivity contribution in [3.05, 3.63) is 0 Å². The Labute approximate surface area is 98.9 Å². The Hall–Kier alpha value is -0.570. The van der Waals surface area contributed by atoms with E-state index in [1.807, 2.05) is 0 Å². The minimum absolute atomic E-state index is 0.171. The van der Waals surface area contributed by atoms with Gasteiger partial charge in [0.15, 0.2) is 0 Å². The Bertz CT molecular complexity index is 232. The Balaban J connectivity index is 2.31. The van der Waals surface area contributed by atoms with Crippen molar-refractivity contribution in [2.24, 2.45) is 17.3 Å². The van der Waals surface area contributed by atoms with Crippen LogP contribution in [0, 0.1) is 17.3 Å². The van der Waals surface area contributed by atoms with E-state index in [4.69, 9.17) is 4.74 Å². The molecule has 0 atom stereocenters. The molecule has 0 aromatic carbocycles. The molecule has 1 rings (SSSR count). The summed E-state index contributed by atoms with van der Waals surface area (Å²) in [5.74, 6) is 1.26. The Morgan fingerprint density at radius 3 is 2.25 bits per heavy atom. The monoisotopic (exact) mass is 227 g/mol. The first-order valence-electron chi connectivity index (χ1n) is 6.28. The van der Waals surface area contributed by atoms with Crippen LogP contribution in [0.2, 0.25) is 0 Å². The average Bonchev–Trinajstić information content (AvgIpc) is 2.07. The molecule has 1 aliphatic rings. The second kappa shape index (κ2) is 5.67. The third-order valence-corrected chi connectivity index (χ3v) is 2.91. The number of amides is 1. The van der Waals surface area contributed by atoms with Gasteiger partial charge in [-0.25, -0.2) is 0 Å². The third-order valence-electron chi connectivity index (χ3n) is 2.91. The first-order chi connectivity index (χ1) is 7.43. The lowest BCUT2D eigenvalue weighted by Gasteiger charge is -2.42. The van der Waals surface area contributed by atoms with Gasteiger partial charge in [-0.3, -0.25) is 4.79 Å². The van der Waals surface area contributed by atoms with Crippen LogP contribution in [0.25, 0.3) is 0 Å². The zero-order valence-electron chi connectivity index (χ0n) is 11.0. The van der Waals surface area contributed by atoms with E-state index in [0.717, 1.165) is 26.2 Å². The van der Waals surface area contributed by atoms with Crippen molar-refractivity contribution in [2.45, 2.75) is 40.5 Å². The summed E-state index contributed by atoms with van der Waals surface area (Å²) in [5.41, 5.74) is 0.209. The molecule has 16 heavy (non-hydrogen) atoms. The third kappa shape index (κ3) is 4.12. The summed E-state index contributed by atoms with van der Waals surface area (Å²) in [6.07, 6.45) is 1.76. The second-order valence-electron chi connectivity index (χ2n) is 5.97. The van der Waals surface area contributed by atoms with Crippen LogP contribution in [0.1, 0.15) is 40.5 Å². The van der Waals surface area contributed by atoms with Crippen molar-refractivity contribution in [2.75, 3.05) is 19.8 Å². The summed E-state index contributed by atoms with van der Waals surface area (Å²) in [6, 6.07) is 0. The first kappa shape index (κ1) is 13.5. The zero-order valence-corrected chi connectivity index (χ0v) is 11.0. The molecule has 1 fully saturated rings. The predicted octanol–water partition coefficient (Wildman–Crippen LogP) is 2.21. The van der Waals surface area contributed by atoms with E-state index in [9.17, 15) is 4.79 Å². The van der Waals surface area contributed by atoms with E-state index < -0.39 is 0 Å².